The van der Waals surface area contributed by atoms with Crippen LogP contribution in [0.3, 0.4) is 0 Å². The van der Waals surface area contributed by atoms with E-state index in [1.807, 2.05) is 12.1 Å². The van der Waals surface area contributed by atoms with Crippen molar-refractivity contribution in [3.8, 4) is 0 Å². The monoisotopic (exact) mass is 250 g/mol. The molecule has 1 N–H and O–H groups in total. The van der Waals surface area contributed by atoms with E-state index in [1.54, 1.807) is 6.26 Å². The lowest BCUT2D eigenvalue weighted by atomic mass is 9.64. The number of ether oxygens (including phenoxy) is 1. The van der Waals surface area contributed by atoms with Crippen molar-refractivity contribution >= 4 is 5.97 Å². The molecule has 2 fully saturated rings. The van der Waals surface area contributed by atoms with Crippen molar-refractivity contribution in [2.45, 2.75) is 31.1 Å². The minimum Gasteiger partial charge on any atom is -0.481 e. The van der Waals surface area contributed by atoms with Crippen molar-refractivity contribution in [2.75, 3.05) is 13.2 Å². The number of carboxylic acid groups (broad SMARTS) is 1. The maximum absolute atomic E-state index is 11.0. The van der Waals surface area contributed by atoms with Crippen LogP contribution in [-0.4, -0.2) is 24.3 Å². The van der Waals surface area contributed by atoms with E-state index in [4.69, 9.17) is 14.3 Å². The van der Waals surface area contributed by atoms with Gasteiger partial charge in [0, 0.05) is 0 Å². The van der Waals surface area contributed by atoms with Crippen LogP contribution < -0.4 is 0 Å². The smallest absolute Gasteiger partial charge is 0.306 e. The van der Waals surface area contributed by atoms with Gasteiger partial charge in [-0.15, -0.1) is 0 Å². The topological polar surface area (TPSA) is 59.7 Å². The van der Waals surface area contributed by atoms with Gasteiger partial charge >= 0.3 is 5.97 Å². The van der Waals surface area contributed by atoms with Crippen LogP contribution in [0.2, 0.25) is 0 Å². The molecule has 0 amide bonds. The Kier molecular flexibility index (Phi) is 2.90. The second kappa shape index (κ2) is 4.43. The van der Waals surface area contributed by atoms with E-state index >= 15 is 0 Å². The van der Waals surface area contributed by atoms with Gasteiger partial charge in [-0.3, -0.25) is 4.79 Å². The molecule has 0 bridgehead atoms. The summed E-state index contributed by atoms with van der Waals surface area (Å²) in [5, 5.41) is 9.04. The minimum absolute atomic E-state index is 0.00692. The predicted octanol–water partition coefficient (Wildman–Crippen LogP) is 2.44. The highest BCUT2D eigenvalue weighted by Crippen LogP contribution is 2.47. The summed E-state index contributed by atoms with van der Waals surface area (Å²) in [6.45, 7) is 1.42. The molecule has 0 atom stereocenters. The number of carboxylic acids is 1. The summed E-state index contributed by atoms with van der Waals surface area (Å²) in [5.41, 5.74) is 0.00692. The van der Waals surface area contributed by atoms with E-state index in [0.717, 1.165) is 31.4 Å². The molecule has 3 rings (SSSR count). The third-order valence-electron chi connectivity index (χ3n) is 4.59. The molecule has 1 saturated heterocycles. The van der Waals surface area contributed by atoms with Gasteiger partial charge in [0.25, 0.3) is 0 Å². The number of carbonyl (C=O) groups is 1. The van der Waals surface area contributed by atoms with E-state index in [2.05, 4.69) is 0 Å². The molecule has 1 saturated carbocycles. The molecule has 1 aromatic heterocycles. The molecule has 4 nitrogen and oxygen atoms in total. The molecule has 1 aliphatic carbocycles. The first-order chi connectivity index (χ1) is 8.72. The maximum Gasteiger partial charge on any atom is 0.306 e. The molecule has 98 valence electrons. The number of hydrogen-bond acceptors (Lipinski definition) is 3. The Bertz CT molecular complexity index is 411. The van der Waals surface area contributed by atoms with Crippen molar-refractivity contribution in [1.82, 2.24) is 0 Å². The lowest BCUT2D eigenvalue weighted by Crippen LogP contribution is -2.53. The van der Waals surface area contributed by atoms with E-state index in [0.29, 0.717) is 19.1 Å². The molecular formula is C14H18O4. The molecule has 2 aliphatic rings. The van der Waals surface area contributed by atoms with E-state index < -0.39 is 5.97 Å². The fourth-order valence-electron chi connectivity index (χ4n) is 3.36. The van der Waals surface area contributed by atoms with Crippen LogP contribution >= 0.6 is 0 Å². The molecule has 0 unspecified atom stereocenters. The van der Waals surface area contributed by atoms with Gasteiger partial charge in [-0.05, 0) is 43.7 Å². The summed E-state index contributed by atoms with van der Waals surface area (Å²) in [7, 11) is 0. The Labute approximate surface area is 106 Å². The molecule has 4 heteroatoms. The van der Waals surface area contributed by atoms with Gasteiger partial charge in [-0.25, -0.2) is 0 Å². The van der Waals surface area contributed by atoms with Crippen LogP contribution in [0.1, 0.15) is 31.4 Å². The van der Waals surface area contributed by atoms with Gasteiger partial charge in [0.15, 0.2) is 0 Å². The van der Waals surface area contributed by atoms with Gasteiger partial charge in [0.1, 0.15) is 5.76 Å². The second-order valence-electron chi connectivity index (χ2n) is 5.51. The highest BCUT2D eigenvalue weighted by Gasteiger charge is 2.50. The van der Waals surface area contributed by atoms with Crippen molar-refractivity contribution in [1.29, 1.82) is 0 Å². The van der Waals surface area contributed by atoms with E-state index in [1.165, 1.54) is 0 Å². The molecule has 2 heterocycles. The van der Waals surface area contributed by atoms with Crippen LogP contribution in [0, 0.1) is 11.8 Å². The number of hydrogen-bond donors (Lipinski definition) is 1. The highest BCUT2D eigenvalue weighted by atomic mass is 16.5. The van der Waals surface area contributed by atoms with Crippen LogP contribution in [-0.2, 0) is 14.9 Å². The van der Waals surface area contributed by atoms with E-state index in [9.17, 15) is 4.79 Å². The predicted molar refractivity (Wildman–Crippen MR) is 64.3 cm³/mol. The van der Waals surface area contributed by atoms with Gasteiger partial charge in [0.05, 0.1) is 30.8 Å². The molecule has 1 aromatic rings. The number of aliphatic carboxylic acids is 1. The zero-order valence-corrected chi connectivity index (χ0v) is 10.3. The number of furan rings is 1. The Morgan fingerprint density at radius 1 is 1.28 bits per heavy atom. The van der Waals surface area contributed by atoms with Crippen LogP contribution in [0.15, 0.2) is 22.8 Å². The normalized spacial score (nSPS) is 30.7. The zero-order chi connectivity index (χ0) is 12.6. The Morgan fingerprint density at radius 2 is 2.00 bits per heavy atom. The van der Waals surface area contributed by atoms with Crippen molar-refractivity contribution in [3.05, 3.63) is 24.2 Å². The fraction of sp³-hybridized carbons (Fsp3) is 0.643. The third kappa shape index (κ3) is 1.75. The standard InChI is InChI=1S/C14H18O4/c15-13(16)10-3-5-11(6-4-10)14(8-17-9-14)12-2-1-7-18-12/h1-2,7,10-11H,3-6,8-9H2,(H,15,16). The molecule has 18 heavy (non-hydrogen) atoms. The van der Waals surface area contributed by atoms with Crippen molar-refractivity contribution in [3.63, 3.8) is 0 Å². The first-order valence-corrected chi connectivity index (χ1v) is 6.57. The van der Waals surface area contributed by atoms with Crippen molar-refractivity contribution < 1.29 is 19.1 Å². The van der Waals surface area contributed by atoms with Gasteiger partial charge in [-0.2, -0.15) is 0 Å². The zero-order valence-electron chi connectivity index (χ0n) is 10.3. The summed E-state index contributed by atoms with van der Waals surface area (Å²) in [6.07, 6.45) is 5.19. The molecule has 0 spiro atoms. The van der Waals surface area contributed by atoms with Crippen molar-refractivity contribution in [2.24, 2.45) is 11.8 Å². The quantitative estimate of drug-likeness (QED) is 0.895. The average molecular weight is 250 g/mol. The molecule has 0 aromatic carbocycles. The molecular weight excluding hydrogens is 232 g/mol. The average Bonchev–Trinajstić information content (AvgIpc) is 2.82. The lowest BCUT2D eigenvalue weighted by molar-refractivity contribution is -0.145. The first-order valence-electron chi connectivity index (χ1n) is 6.57. The van der Waals surface area contributed by atoms with Gasteiger partial charge in [0.2, 0.25) is 0 Å². The maximum atomic E-state index is 11.0. The minimum atomic E-state index is -0.648. The summed E-state index contributed by atoms with van der Waals surface area (Å²) >= 11 is 0. The molecule has 1 aliphatic heterocycles. The fourth-order valence-corrected chi connectivity index (χ4v) is 3.36. The summed E-state index contributed by atoms with van der Waals surface area (Å²) in [4.78, 5) is 11.0. The molecule has 0 radical (unpaired) electrons. The summed E-state index contributed by atoms with van der Waals surface area (Å²) < 4.78 is 11.0. The van der Waals surface area contributed by atoms with Crippen LogP contribution in [0.4, 0.5) is 0 Å². The Balaban J connectivity index is 1.73. The van der Waals surface area contributed by atoms with Gasteiger partial charge in [-0.1, -0.05) is 0 Å². The van der Waals surface area contributed by atoms with Crippen LogP contribution in [0.25, 0.3) is 0 Å². The SMILES string of the molecule is O=C(O)C1CCC(C2(c3ccco3)COC2)CC1. The number of rotatable bonds is 3. The van der Waals surface area contributed by atoms with Crippen LogP contribution in [0.5, 0.6) is 0 Å². The first kappa shape index (κ1) is 11.8. The highest BCUT2D eigenvalue weighted by molar-refractivity contribution is 5.70. The van der Waals surface area contributed by atoms with E-state index in [-0.39, 0.29) is 11.3 Å². The Hall–Kier alpha value is -1.29. The lowest BCUT2D eigenvalue weighted by Gasteiger charge is -2.47. The third-order valence-corrected chi connectivity index (χ3v) is 4.59. The summed E-state index contributed by atoms with van der Waals surface area (Å²) in [5.74, 6) is 0.696. The Morgan fingerprint density at radius 3 is 2.44 bits per heavy atom. The summed E-state index contributed by atoms with van der Waals surface area (Å²) in [6, 6.07) is 3.93. The van der Waals surface area contributed by atoms with Gasteiger partial charge < -0.3 is 14.3 Å². The largest absolute Gasteiger partial charge is 0.481 e. The second-order valence-corrected chi connectivity index (χ2v) is 5.51.